The molecule has 0 saturated carbocycles. The zero-order chi connectivity index (χ0) is 13.9. The van der Waals surface area contributed by atoms with E-state index in [0.29, 0.717) is 6.61 Å². The number of carbonyl (C=O) groups excluding carboxylic acids is 1. The number of aromatic nitrogens is 1. The van der Waals surface area contributed by atoms with Crippen molar-refractivity contribution < 1.29 is 18.7 Å². The topological polar surface area (TPSA) is 73.6 Å². The van der Waals surface area contributed by atoms with Crippen LogP contribution in [0.15, 0.2) is 17.0 Å². The van der Waals surface area contributed by atoms with Crippen molar-refractivity contribution in [3.63, 3.8) is 0 Å². The average molecular weight is 268 g/mol. The molecule has 1 saturated heterocycles. The number of nitrogens with zero attached hydrogens (tertiary/aromatic N) is 1. The summed E-state index contributed by atoms with van der Waals surface area (Å²) in [5.74, 6) is 0.732. The molecule has 6 nitrogen and oxygen atoms in total. The van der Waals surface area contributed by atoms with Gasteiger partial charge in [-0.3, -0.25) is 0 Å². The third-order valence-corrected chi connectivity index (χ3v) is 2.77. The van der Waals surface area contributed by atoms with Gasteiger partial charge in [-0.05, 0) is 33.6 Å². The monoisotopic (exact) mass is 268 g/mol. The molecule has 1 N–H and O–H groups in total. The van der Waals surface area contributed by atoms with Gasteiger partial charge in [-0.2, -0.15) is 0 Å². The molecule has 1 amide bonds. The molecule has 0 aromatic carbocycles. The second-order valence-corrected chi connectivity index (χ2v) is 5.65. The van der Waals surface area contributed by atoms with Gasteiger partial charge in [-0.1, -0.05) is 0 Å². The van der Waals surface area contributed by atoms with E-state index in [1.807, 2.05) is 20.8 Å². The average Bonchev–Trinajstić information content (AvgIpc) is 2.80. The Morgan fingerprint density at radius 3 is 2.79 bits per heavy atom. The van der Waals surface area contributed by atoms with Gasteiger partial charge in [0.15, 0.2) is 12.2 Å². The summed E-state index contributed by atoms with van der Waals surface area (Å²) < 4.78 is 16.1. The van der Waals surface area contributed by atoms with Crippen LogP contribution in [0.5, 0.6) is 0 Å². The zero-order valence-electron chi connectivity index (χ0n) is 11.5. The normalized spacial score (nSPS) is 23.9. The Morgan fingerprint density at radius 1 is 1.47 bits per heavy atom. The molecule has 0 spiro atoms. The highest BCUT2D eigenvalue weighted by Crippen LogP contribution is 2.27. The van der Waals surface area contributed by atoms with Crippen molar-refractivity contribution in [3.8, 4) is 0 Å². The highest BCUT2D eigenvalue weighted by atomic mass is 16.6. The highest BCUT2D eigenvalue weighted by molar-refractivity contribution is 5.68. The lowest BCUT2D eigenvalue weighted by molar-refractivity contribution is -0.0192. The Balaban J connectivity index is 1.76. The first kappa shape index (κ1) is 13.9. The molecule has 1 aromatic heterocycles. The van der Waals surface area contributed by atoms with Crippen molar-refractivity contribution in [2.24, 2.45) is 0 Å². The number of rotatable bonds is 2. The Hall–Kier alpha value is -1.56. The minimum atomic E-state index is -0.484. The van der Waals surface area contributed by atoms with E-state index >= 15 is 0 Å². The summed E-state index contributed by atoms with van der Waals surface area (Å²) in [6.45, 7) is 5.96. The Kier molecular flexibility index (Phi) is 4.09. The van der Waals surface area contributed by atoms with Crippen LogP contribution in [0, 0.1) is 0 Å². The van der Waals surface area contributed by atoms with Gasteiger partial charge in [-0.25, -0.2) is 9.78 Å². The van der Waals surface area contributed by atoms with Gasteiger partial charge in [-0.15, -0.1) is 0 Å². The molecule has 1 aromatic rings. The van der Waals surface area contributed by atoms with E-state index in [2.05, 4.69) is 10.3 Å². The lowest BCUT2D eigenvalue weighted by atomic mass is 10.0. The number of carbonyl (C=O) groups is 1. The molecule has 2 rings (SSSR count). The molecule has 1 aliphatic rings. The van der Waals surface area contributed by atoms with E-state index in [-0.39, 0.29) is 12.1 Å². The molecule has 6 heteroatoms. The third kappa shape index (κ3) is 4.24. The summed E-state index contributed by atoms with van der Waals surface area (Å²) in [6, 6.07) is -0.0194. The van der Waals surface area contributed by atoms with Crippen LogP contribution in [-0.2, 0) is 9.47 Å². The minimum Gasteiger partial charge on any atom is -0.446 e. The lowest BCUT2D eigenvalue weighted by Gasteiger charge is -2.29. The number of hydrogen-bond donors (Lipinski definition) is 1. The zero-order valence-corrected chi connectivity index (χ0v) is 11.5. The van der Waals surface area contributed by atoms with Gasteiger partial charge in [0.2, 0.25) is 0 Å². The van der Waals surface area contributed by atoms with Gasteiger partial charge in [0.25, 0.3) is 0 Å². The second-order valence-electron chi connectivity index (χ2n) is 5.65. The summed E-state index contributed by atoms with van der Waals surface area (Å²) in [5, 5.41) is 2.81. The number of oxazole rings is 1. The lowest BCUT2D eigenvalue weighted by Crippen LogP contribution is -2.43. The summed E-state index contributed by atoms with van der Waals surface area (Å²) in [5.41, 5.74) is -0.484. The fourth-order valence-electron chi connectivity index (χ4n) is 1.95. The Morgan fingerprint density at radius 2 is 2.26 bits per heavy atom. The number of ether oxygens (including phenoxy) is 2. The van der Waals surface area contributed by atoms with E-state index in [1.54, 1.807) is 6.20 Å². The number of alkyl carbamates (subject to hydrolysis) is 1. The van der Waals surface area contributed by atoms with Crippen LogP contribution >= 0.6 is 0 Å². The van der Waals surface area contributed by atoms with Gasteiger partial charge in [0.05, 0.1) is 18.8 Å². The third-order valence-electron chi connectivity index (χ3n) is 2.77. The van der Waals surface area contributed by atoms with Crippen LogP contribution in [0.4, 0.5) is 4.79 Å². The smallest absolute Gasteiger partial charge is 0.407 e. The summed E-state index contributed by atoms with van der Waals surface area (Å²) in [4.78, 5) is 15.5. The Labute approximate surface area is 112 Å². The van der Waals surface area contributed by atoms with Crippen LogP contribution in [0.3, 0.4) is 0 Å². The number of nitrogens with one attached hydrogen (secondary N) is 1. The fourth-order valence-corrected chi connectivity index (χ4v) is 1.95. The first-order valence-corrected chi connectivity index (χ1v) is 6.43. The maximum absolute atomic E-state index is 11.6. The van der Waals surface area contributed by atoms with E-state index in [1.165, 1.54) is 6.39 Å². The van der Waals surface area contributed by atoms with E-state index in [9.17, 15) is 4.79 Å². The van der Waals surface area contributed by atoms with Gasteiger partial charge in [0, 0.05) is 0 Å². The predicted molar refractivity (Wildman–Crippen MR) is 67.6 cm³/mol. The first-order valence-electron chi connectivity index (χ1n) is 6.43. The molecule has 2 atom stereocenters. The van der Waals surface area contributed by atoms with Crippen molar-refractivity contribution >= 4 is 6.09 Å². The molecule has 19 heavy (non-hydrogen) atoms. The molecule has 0 bridgehead atoms. The van der Waals surface area contributed by atoms with Gasteiger partial charge < -0.3 is 19.2 Å². The largest absolute Gasteiger partial charge is 0.446 e. The van der Waals surface area contributed by atoms with Gasteiger partial charge >= 0.3 is 6.09 Å². The number of amides is 1. The van der Waals surface area contributed by atoms with Crippen molar-refractivity contribution in [1.29, 1.82) is 0 Å². The first-order chi connectivity index (χ1) is 8.94. The molecule has 0 aliphatic carbocycles. The summed E-state index contributed by atoms with van der Waals surface area (Å²) in [7, 11) is 0. The van der Waals surface area contributed by atoms with E-state index in [0.717, 1.165) is 18.6 Å². The molecule has 1 aliphatic heterocycles. The van der Waals surface area contributed by atoms with E-state index < -0.39 is 11.7 Å². The molecule has 0 unspecified atom stereocenters. The van der Waals surface area contributed by atoms with Crippen molar-refractivity contribution in [1.82, 2.24) is 10.3 Å². The summed E-state index contributed by atoms with van der Waals surface area (Å²) in [6.07, 6.45) is 4.19. The molecular formula is C13H20N2O4. The standard InChI is InChI=1S/C13H20N2O4/c1-13(2,3)19-12(16)15-9-4-5-10(17-7-9)11-6-14-8-18-11/h6,8-10H,4-5,7H2,1-3H3,(H,15,16)/t9-,10+/m1/s1. The molecule has 106 valence electrons. The van der Waals surface area contributed by atoms with Crippen LogP contribution in [0.2, 0.25) is 0 Å². The predicted octanol–water partition coefficient (Wildman–Crippen LogP) is 2.42. The molecular weight excluding hydrogens is 248 g/mol. The van der Waals surface area contributed by atoms with Crippen molar-refractivity contribution in [2.45, 2.75) is 51.4 Å². The van der Waals surface area contributed by atoms with Gasteiger partial charge in [0.1, 0.15) is 11.7 Å². The fraction of sp³-hybridized carbons (Fsp3) is 0.692. The molecule has 1 fully saturated rings. The highest BCUT2D eigenvalue weighted by Gasteiger charge is 2.27. The van der Waals surface area contributed by atoms with Crippen LogP contribution in [0.25, 0.3) is 0 Å². The van der Waals surface area contributed by atoms with Crippen LogP contribution < -0.4 is 5.32 Å². The maximum atomic E-state index is 11.6. The van der Waals surface area contributed by atoms with Crippen molar-refractivity contribution in [2.75, 3.05) is 6.61 Å². The Bertz CT molecular complexity index is 403. The minimum absolute atomic E-state index is 0.0194. The molecule has 0 radical (unpaired) electrons. The maximum Gasteiger partial charge on any atom is 0.407 e. The molecule has 2 heterocycles. The van der Waals surface area contributed by atoms with Crippen molar-refractivity contribution in [3.05, 3.63) is 18.4 Å². The quantitative estimate of drug-likeness (QED) is 0.891. The summed E-state index contributed by atoms with van der Waals surface area (Å²) >= 11 is 0. The SMILES string of the molecule is CC(C)(C)OC(=O)N[C@@H]1CC[C@@H](c2cnco2)OC1. The van der Waals surface area contributed by atoms with E-state index in [4.69, 9.17) is 13.9 Å². The van der Waals surface area contributed by atoms with Crippen LogP contribution in [0.1, 0.15) is 45.5 Å². The van der Waals surface area contributed by atoms with Crippen LogP contribution in [-0.4, -0.2) is 29.3 Å². The second kappa shape index (κ2) is 5.61. The number of hydrogen-bond acceptors (Lipinski definition) is 5.